The second-order valence-electron chi connectivity index (χ2n) is 8.55. The first kappa shape index (κ1) is 22.4. The molecule has 1 aliphatic rings. The zero-order valence-electron chi connectivity index (χ0n) is 19.5. The van der Waals surface area contributed by atoms with E-state index in [0.717, 1.165) is 39.5 Å². The lowest BCUT2D eigenvalue weighted by Crippen LogP contribution is -2.49. The van der Waals surface area contributed by atoms with Gasteiger partial charge in [0, 0.05) is 31.9 Å². The van der Waals surface area contributed by atoms with E-state index in [0.29, 0.717) is 36.9 Å². The molecule has 1 aromatic carbocycles. The normalized spacial score (nSPS) is 15.4. The monoisotopic (exact) mass is 454 g/mol. The molecule has 3 heterocycles. The summed E-state index contributed by atoms with van der Waals surface area (Å²) in [5.41, 5.74) is 6.04. The van der Waals surface area contributed by atoms with Gasteiger partial charge in [0.25, 0.3) is 0 Å². The van der Waals surface area contributed by atoms with Gasteiger partial charge in [0.2, 0.25) is 10.0 Å². The molecule has 3 aromatic rings. The third kappa shape index (κ3) is 3.91. The van der Waals surface area contributed by atoms with Gasteiger partial charge < -0.3 is 4.90 Å². The largest absolute Gasteiger partial charge is 0.352 e. The lowest BCUT2D eigenvalue weighted by atomic mass is 10.1. The van der Waals surface area contributed by atoms with Crippen molar-refractivity contribution in [3.8, 4) is 5.82 Å². The summed E-state index contributed by atoms with van der Waals surface area (Å²) in [6, 6.07) is 7.56. The van der Waals surface area contributed by atoms with E-state index in [9.17, 15) is 8.42 Å². The first-order chi connectivity index (χ1) is 15.1. The number of aromatic nitrogens is 4. The number of sulfonamides is 1. The molecular weight excluding hydrogens is 424 g/mol. The van der Waals surface area contributed by atoms with Gasteiger partial charge in [0.1, 0.15) is 0 Å². The van der Waals surface area contributed by atoms with Crippen LogP contribution >= 0.6 is 0 Å². The van der Waals surface area contributed by atoms with Crippen LogP contribution < -0.4 is 4.90 Å². The highest BCUT2D eigenvalue weighted by atomic mass is 32.2. The van der Waals surface area contributed by atoms with Crippen molar-refractivity contribution in [1.82, 2.24) is 24.3 Å². The van der Waals surface area contributed by atoms with Crippen molar-refractivity contribution in [3.63, 3.8) is 0 Å². The summed E-state index contributed by atoms with van der Waals surface area (Å²) >= 11 is 0. The Balaban J connectivity index is 1.48. The lowest BCUT2D eigenvalue weighted by Gasteiger charge is -2.34. The van der Waals surface area contributed by atoms with Crippen LogP contribution in [0.1, 0.15) is 33.6 Å². The molecular formula is C23H30N6O2S. The number of hydrogen-bond acceptors (Lipinski definition) is 6. The van der Waals surface area contributed by atoms with Crippen molar-refractivity contribution in [2.24, 2.45) is 0 Å². The zero-order valence-corrected chi connectivity index (χ0v) is 20.4. The first-order valence-corrected chi connectivity index (χ1v) is 12.2. The Morgan fingerprint density at radius 1 is 0.781 bits per heavy atom. The SMILES string of the molecule is Cc1cc(C)c(S(=O)(=O)N2CCN(c3ccc(-n4nc(C)c(C)c4C)nn3)CC2)cc1C. The molecule has 0 unspecified atom stereocenters. The minimum Gasteiger partial charge on any atom is -0.352 e. The minimum atomic E-state index is -3.53. The van der Waals surface area contributed by atoms with Gasteiger partial charge in [-0.05, 0) is 82.0 Å². The predicted molar refractivity (Wildman–Crippen MR) is 125 cm³/mol. The van der Waals surface area contributed by atoms with Crippen molar-refractivity contribution in [2.75, 3.05) is 31.1 Å². The molecule has 0 saturated carbocycles. The van der Waals surface area contributed by atoms with E-state index in [4.69, 9.17) is 0 Å². The first-order valence-electron chi connectivity index (χ1n) is 10.8. The molecule has 2 aromatic heterocycles. The van der Waals surface area contributed by atoms with Gasteiger partial charge in [0.15, 0.2) is 11.6 Å². The maximum atomic E-state index is 13.2. The lowest BCUT2D eigenvalue weighted by molar-refractivity contribution is 0.383. The molecule has 0 amide bonds. The van der Waals surface area contributed by atoms with Crippen molar-refractivity contribution in [1.29, 1.82) is 0 Å². The molecule has 8 nitrogen and oxygen atoms in total. The van der Waals surface area contributed by atoms with Gasteiger partial charge in [-0.3, -0.25) is 0 Å². The molecule has 0 aliphatic carbocycles. The Hall–Kier alpha value is -2.78. The third-order valence-corrected chi connectivity index (χ3v) is 8.52. The van der Waals surface area contributed by atoms with Crippen LogP contribution in [0.3, 0.4) is 0 Å². The molecule has 1 saturated heterocycles. The maximum Gasteiger partial charge on any atom is 0.243 e. The van der Waals surface area contributed by atoms with Gasteiger partial charge in [0.05, 0.1) is 10.6 Å². The Morgan fingerprint density at radius 2 is 1.38 bits per heavy atom. The highest BCUT2D eigenvalue weighted by molar-refractivity contribution is 7.89. The van der Waals surface area contributed by atoms with Crippen molar-refractivity contribution in [3.05, 3.63) is 57.9 Å². The van der Waals surface area contributed by atoms with E-state index in [1.807, 2.05) is 59.7 Å². The molecule has 170 valence electrons. The summed E-state index contributed by atoms with van der Waals surface area (Å²) in [6.07, 6.45) is 0. The van der Waals surface area contributed by atoms with Gasteiger partial charge in [-0.15, -0.1) is 10.2 Å². The van der Waals surface area contributed by atoms with Crippen LogP contribution in [0.2, 0.25) is 0 Å². The summed E-state index contributed by atoms with van der Waals surface area (Å²) in [5.74, 6) is 1.42. The van der Waals surface area contributed by atoms with E-state index in [1.54, 1.807) is 15.1 Å². The molecule has 0 spiro atoms. The van der Waals surface area contributed by atoms with Gasteiger partial charge >= 0.3 is 0 Å². The van der Waals surface area contributed by atoms with Crippen molar-refractivity contribution in [2.45, 2.75) is 46.4 Å². The zero-order chi connectivity index (χ0) is 23.2. The van der Waals surface area contributed by atoms with E-state index in [-0.39, 0.29) is 0 Å². The number of aryl methyl sites for hydroxylation is 4. The highest BCUT2D eigenvalue weighted by Crippen LogP contribution is 2.25. The highest BCUT2D eigenvalue weighted by Gasteiger charge is 2.30. The van der Waals surface area contributed by atoms with Crippen molar-refractivity contribution < 1.29 is 8.42 Å². The van der Waals surface area contributed by atoms with E-state index in [1.165, 1.54) is 0 Å². The van der Waals surface area contributed by atoms with Crippen LogP contribution in [-0.4, -0.2) is 58.9 Å². The summed E-state index contributed by atoms with van der Waals surface area (Å²) in [6.45, 7) is 13.8. The molecule has 9 heteroatoms. The molecule has 1 aliphatic heterocycles. The number of anilines is 1. The van der Waals surface area contributed by atoms with Crippen LogP contribution in [0.4, 0.5) is 5.82 Å². The molecule has 0 atom stereocenters. The smallest absolute Gasteiger partial charge is 0.243 e. The fourth-order valence-corrected chi connectivity index (χ4v) is 5.77. The minimum absolute atomic E-state index is 0.401. The van der Waals surface area contributed by atoms with Crippen LogP contribution in [0.5, 0.6) is 0 Å². The average molecular weight is 455 g/mol. The summed E-state index contributed by atoms with van der Waals surface area (Å²) < 4.78 is 29.9. The molecule has 4 rings (SSSR count). The Labute approximate surface area is 189 Å². The maximum absolute atomic E-state index is 13.2. The van der Waals surface area contributed by atoms with Crippen LogP contribution in [0.15, 0.2) is 29.2 Å². The molecule has 1 fully saturated rings. The quantitative estimate of drug-likeness (QED) is 0.603. The topological polar surface area (TPSA) is 84.2 Å². The number of hydrogen-bond donors (Lipinski definition) is 0. The van der Waals surface area contributed by atoms with Crippen LogP contribution in [0, 0.1) is 41.5 Å². The fraction of sp³-hybridized carbons (Fsp3) is 0.435. The molecule has 0 radical (unpaired) electrons. The predicted octanol–water partition coefficient (Wildman–Crippen LogP) is 3.02. The van der Waals surface area contributed by atoms with E-state index < -0.39 is 10.0 Å². The van der Waals surface area contributed by atoms with E-state index >= 15 is 0 Å². The summed E-state index contributed by atoms with van der Waals surface area (Å²) in [5, 5.41) is 13.3. The second-order valence-corrected chi connectivity index (χ2v) is 10.5. The Kier molecular flexibility index (Phi) is 5.81. The van der Waals surface area contributed by atoms with Crippen molar-refractivity contribution >= 4 is 15.8 Å². The number of piperazine rings is 1. The number of rotatable bonds is 4. The number of nitrogens with zero attached hydrogens (tertiary/aromatic N) is 6. The summed E-state index contributed by atoms with van der Waals surface area (Å²) in [7, 11) is -3.53. The van der Waals surface area contributed by atoms with Gasteiger partial charge in [-0.2, -0.15) is 9.40 Å². The van der Waals surface area contributed by atoms with Crippen LogP contribution in [-0.2, 0) is 10.0 Å². The summed E-state index contributed by atoms with van der Waals surface area (Å²) in [4.78, 5) is 2.47. The molecule has 32 heavy (non-hydrogen) atoms. The van der Waals surface area contributed by atoms with Crippen LogP contribution in [0.25, 0.3) is 5.82 Å². The second kappa shape index (κ2) is 8.29. The molecule has 0 bridgehead atoms. The molecule has 0 N–H and O–H groups in total. The average Bonchev–Trinajstić information content (AvgIpc) is 3.03. The van der Waals surface area contributed by atoms with Gasteiger partial charge in [-0.1, -0.05) is 6.07 Å². The third-order valence-electron chi connectivity index (χ3n) is 6.48. The Bertz CT molecular complexity index is 1260. The standard InChI is InChI=1S/C23H30N6O2S/c1-15-13-17(3)21(14-16(15)2)32(30,31)28-11-9-27(10-12-28)22-7-8-23(25-24-22)29-20(6)18(4)19(5)26-29/h7-8,13-14H,9-12H2,1-6H3. The van der Waals surface area contributed by atoms with Gasteiger partial charge in [-0.25, -0.2) is 13.1 Å². The Morgan fingerprint density at radius 3 is 1.94 bits per heavy atom. The number of benzene rings is 1. The van der Waals surface area contributed by atoms with E-state index in [2.05, 4.69) is 20.2 Å². The fourth-order valence-electron chi connectivity index (χ4n) is 4.05.